The number of anilines is 1. The van der Waals surface area contributed by atoms with Crippen LogP contribution in [-0.2, 0) is 0 Å². The molecule has 0 spiro atoms. The Morgan fingerprint density at radius 3 is 2.85 bits per heavy atom. The Labute approximate surface area is 149 Å². The molecule has 132 valence electrons. The van der Waals surface area contributed by atoms with Gasteiger partial charge in [0.2, 0.25) is 0 Å². The van der Waals surface area contributed by atoms with Crippen molar-refractivity contribution in [2.75, 3.05) is 31.1 Å². The molecule has 2 saturated heterocycles. The van der Waals surface area contributed by atoms with Crippen LogP contribution in [0.2, 0.25) is 0 Å². The third-order valence-electron chi connectivity index (χ3n) is 5.04. The molecular formula is C18H18N6O2. The standard InChI is InChI=1S/C18H18N6O2/c25-17(16-7-12-3-1-2-4-15(12)21-16)22-9-14(10-22)24-11-13(8-20-24)23-6-5-19-18(23)26/h1-4,7-8,11,14,21H,5-6,9-10H2,(H,19,26). The van der Waals surface area contributed by atoms with Gasteiger partial charge in [-0.1, -0.05) is 18.2 Å². The highest BCUT2D eigenvalue weighted by molar-refractivity contribution is 5.98. The SMILES string of the molecule is O=C(c1cc2ccccc2[nH]1)N1CC(n2cc(N3CCNC3=O)cn2)C1. The van der Waals surface area contributed by atoms with Crippen LogP contribution in [0.25, 0.3) is 10.9 Å². The summed E-state index contributed by atoms with van der Waals surface area (Å²) >= 11 is 0. The van der Waals surface area contributed by atoms with Crippen LogP contribution < -0.4 is 10.2 Å². The number of rotatable bonds is 3. The van der Waals surface area contributed by atoms with E-state index in [1.54, 1.807) is 16.0 Å². The van der Waals surface area contributed by atoms with Crippen molar-refractivity contribution >= 4 is 28.5 Å². The van der Waals surface area contributed by atoms with Crippen LogP contribution in [0, 0.1) is 0 Å². The van der Waals surface area contributed by atoms with Crippen LogP contribution in [-0.4, -0.2) is 57.8 Å². The molecule has 1 aromatic carbocycles. The van der Waals surface area contributed by atoms with Crippen molar-refractivity contribution in [1.29, 1.82) is 0 Å². The Hall–Kier alpha value is -3.29. The molecule has 5 rings (SSSR count). The fourth-order valence-corrected chi connectivity index (χ4v) is 3.53. The van der Waals surface area contributed by atoms with Crippen molar-refractivity contribution in [3.05, 3.63) is 48.4 Å². The molecule has 26 heavy (non-hydrogen) atoms. The molecule has 2 aliphatic heterocycles. The maximum absolute atomic E-state index is 12.6. The molecular weight excluding hydrogens is 332 g/mol. The van der Waals surface area contributed by atoms with Gasteiger partial charge in [0.05, 0.1) is 17.9 Å². The number of hydrogen-bond donors (Lipinski definition) is 2. The van der Waals surface area contributed by atoms with E-state index in [2.05, 4.69) is 15.4 Å². The number of carbonyl (C=O) groups excluding carboxylic acids is 2. The maximum Gasteiger partial charge on any atom is 0.322 e. The number of benzene rings is 1. The zero-order chi connectivity index (χ0) is 17.7. The summed E-state index contributed by atoms with van der Waals surface area (Å²) in [6.45, 7) is 2.53. The lowest BCUT2D eigenvalue weighted by Crippen LogP contribution is -2.51. The second-order valence-corrected chi connectivity index (χ2v) is 6.70. The monoisotopic (exact) mass is 350 g/mol. The van der Waals surface area contributed by atoms with E-state index in [1.807, 2.05) is 41.2 Å². The number of H-pyrrole nitrogens is 1. The molecule has 2 aliphatic rings. The number of nitrogens with zero attached hydrogens (tertiary/aromatic N) is 4. The summed E-state index contributed by atoms with van der Waals surface area (Å²) in [4.78, 5) is 31.0. The minimum absolute atomic E-state index is 0.00347. The molecule has 4 heterocycles. The van der Waals surface area contributed by atoms with E-state index < -0.39 is 0 Å². The second kappa shape index (κ2) is 5.62. The Morgan fingerprint density at radius 2 is 2.08 bits per heavy atom. The smallest absolute Gasteiger partial charge is 0.322 e. The van der Waals surface area contributed by atoms with Crippen molar-refractivity contribution in [3.63, 3.8) is 0 Å². The van der Waals surface area contributed by atoms with E-state index in [0.717, 1.165) is 16.6 Å². The molecule has 0 aliphatic carbocycles. The maximum atomic E-state index is 12.6. The van der Waals surface area contributed by atoms with Gasteiger partial charge in [0.25, 0.3) is 5.91 Å². The number of likely N-dealkylation sites (tertiary alicyclic amines) is 1. The van der Waals surface area contributed by atoms with Gasteiger partial charge in [0.15, 0.2) is 0 Å². The van der Waals surface area contributed by atoms with Crippen molar-refractivity contribution in [3.8, 4) is 0 Å². The van der Waals surface area contributed by atoms with Crippen LogP contribution >= 0.6 is 0 Å². The molecule has 8 nitrogen and oxygen atoms in total. The van der Waals surface area contributed by atoms with Crippen LogP contribution in [0.4, 0.5) is 10.5 Å². The van der Waals surface area contributed by atoms with Crippen LogP contribution in [0.5, 0.6) is 0 Å². The zero-order valence-corrected chi connectivity index (χ0v) is 14.1. The van der Waals surface area contributed by atoms with Crippen molar-refractivity contribution < 1.29 is 9.59 Å². The van der Waals surface area contributed by atoms with E-state index in [-0.39, 0.29) is 18.0 Å². The molecule has 0 saturated carbocycles. The van der Waals surface area contributed by atoms with Gasteiger partial charge in [0.1, 0.15) is 5.69 Å². The van der Waals surface area contributed by atoms with Gasteiger partial charge in [-0.2, -0.15) is 5.10 Å². The molecule has 2 N–H and O–H groups in total. The number of urea groups is 1. The first-order valence-electron chi connectivity index (χ1n) is 8.65. The predicted molar refractivity (Wildman–Crippen MR) is 96.2 cm³/mol. The van der Waals surface area contributed by atoms with E-state index in [4.69, 9.17) is 0 Å². The highest BCUT2D eigenvalue weighted by Crippen LogP contribution is 2.26. The minimum atomic E-state index is -0.0891. The summed E-state index contributed by atoms with van der Waals surface area (Å²) in [6.07, 6.45) is 3.58. The molecule has 2 fully saturated rings. The van der Waals surface area contributed by atoms with Gasteiger partial charge in [0, 0.05) is 43.3 Å². The summed E-state index contributed by atoms with van der Waals surface area (Å²) in [5, 5.41) is 8.18. The molecule has 3 aromatic rings. The normalized spacial score (nSPS) is 17.6. The van der Waals surface area contributed by atoms with Gasteiger partial charge in [-0.25, -0.2) is 4.79 Å². The number of aromatic amines is 1. The van der Waals surface area contributed by atoms with Crippen molar-refractivity contribution in [1.82, 2.24) is 25.0 Å². The highest BCUT2D eigenvalue weighted by Gasteiger charge is 2.34. The lowest BCUT2D eigenvalue weighted by Gasteiger charge is -2.38. The van der Waals surface area contributed by atoms with Gasteiger partial charge in [-0.15, -0.1) is 0 Å². The predicted octanol–water partition coefficient (Wildman–Crippen LogP) is 1.59. The fraction of sp³-hybridized carbons (Fsp3) is 0.278. The molecule has 0 radical (unpaired) electrons. The van der Waals surface area contributed by atoms with E-state index in [0.29, 0.717) is 31.9 Å². The number of amides is 3. The molecule has 0 bridgehead atoms. The molecule has 3 amide bonds. The third-order valence-corrected chi connectivity index (χ3v) is 5.04. The number of para-hydroxylation sites is 1. The summed E-state index contributed by atoms with van der Waals surface area (Å²) in [5.74, 6) is 0.00347. The first kappa shape index (κ1) is 15.0. The topological polar surface area (TPSA) is 86.3 Å². The highest BCUT2D eigenvalue weighted by atomic mass is 16.2. The second-order valence-electron chi connectivity index (χ2n) is 6.70. The van der Waals surface area contributed by atoms with Gasteiger partial charge in [-0.05, 0) is 12.1 Å². The Kier molecular flexibility index (Phi) is 3.24. The number of aromatic nitrogens is 3. The van der Waals surface area contributed by atoms with E-state index >= 15 is 0 Å². The van der Waals surface area contributed by atoms with Gasteiger partial charge in [-0.3, -0.25) is 14.4 Å². The van der Waals surface area contributed by atoms with Crippen molar-refractivity contribution in [2.24, 2.45) is 0 Å². The summed E-state index contributed by atoms with van der Waals surface area (Å²) in [7, 11) is 0. The largest absolute Gasteiger partial charge is 0.351 e. The summed E-state index contributed by atoms with van der Waals surface area (Å²) in [5.41, 5.74) is 2.37. The third kappa shape index (κ3) is 2.33. The minimum Gasteiger partial charge on any atom is -0.351 e. The van der Waals surface area contributed by atoms with Gasteiger partial charge < -0.3 is 15.2 Å². The molecule has 0 unspecified atom stereocenters. The first-order chi connectivity index (χ1) is 12.7. The Balaban J connectivity index is 1.26. The zero-order valence-electron chi connectivity index (χ0n) is 14.1. The molecule has 2 aromatic heterocycles. The average molecular weight is 350 g/mol. The lowest BCUT2D eigenvalue weighted by atomic mass is 10.1. The Bertz CT molecular complexity index is 967. The molecule has 8 heteroatoms. The Morgan fingerprint density at radius 1 is 1.23 bits per heavy atom. The quantitative estimate of drug-likeness (QED) is 0.752. The van der Waals surface area contributed by atoms with E-state index in [1.165, 1.54) is 0 Å². The van der Waals surface area contributed by atoms with Gasteiger partial charge >= 0.3 is 6.03 Å². The molecule has 0 atom stereocenters. The number of nitrogens with one attached hydrogen (secondary N) is 2. The summed E-state index contributed by atoms with van der Waals surface area (Å²) < 4.78 is 1.84. The fourth-order valence-electron chi connectivity index (χ4n) is 3.53. The average Bonchev–Trinajstić information content (AvgIpc) is 3.31. The first-order valence-corrected chi connectivity index (χ1v) is 8.65. The number of fused-ring (bicyclic) bond motifs is 1. The number of carbonyl (C=O) groups is 2. The lowest BCUT2D eigenvalue weighted by molar-refractivity contribution is 0.0496. The van der Waals surface area contributed by atoms with Crippen LogP contribution in [0.15, 0.2) is 42.7 Å². The van der Waals surface area contributed by atoms with Crippen LogP contribution in [0.1, 0.15) is 16.5 Å². The summed E-state index contributed by atoms with van der Waals surface area (Å²) in [6, 6.07) is 9.80. The van der Waals surface area contributed by atoms with Crippen molar-refractivity contribution in [2.45, 2.75) is 6.04 Å². The van der Waals surface area contributed by atoms with Crippen LogP contribution in [0.3, 0.4) is 0 Å². The number of hydrogen-bond acceptors (Lipinski definition) is 3. The van der Waals surface area contributed by atoms with E-state index in [9.17, 15) is 9.59 Å².